The fourth-order valence-corrected chi connectivity index (χ4v) is 3.88. The maximum Gasteiger partial charge on any atom is 0.321 e. The molecular formula is C16H20N4O3S. The summed E-state index contributed by atoms with van der Waals surface area (Å²) in [5, 5.41) is 6.82. The second kappa shape index (κ2) is 6.35. The number of para-hydroxylation sites is 1. The quantitative estimate of drug-likeness (QED) is 0.900. The fourth-order valence-electron chi connectivity index (χ4n) is 2.64. The number of carbonyl (C=O) groups is 1. The number of rotatable bonds is 2. The molecule has 1 aromatic carbocycles. The van der Waals surface area contributed by atoms with Gasteiger partial charge in [-0.2, -0.15) is 4.98 Å². The Morgan fingerprint density at radius 3 is 2.79 bits per heavy atom. The maximum absolute atomic E-state index is 12.6. The van der Waals surface area contributed by atoms with E-state index in [1.165, 1.54) is 0 Å². The summed E-state index contributed by atoms with van der Waals surface area (Å²) in [7, 11) is -0.920. The molecule has 0 aliphatic carbocycles. The van der Waals surface area contributed by atoms with Crippen molar-refractivity contribution in [3.8, 4) is 11.4 Å². The molecule has 2 aromatic rings. The van der Waals surface area contributed by atoms with Gasteiger partial charge < -0.3 is 14.7 Å². The number of urea groups is 1. The third-order valence-corrected chi connectivity index (χ3v) is 5.87. The first-order valence-corrected chi connectivity index (χ1v) is 9.03. The third-order valence-electron chi connectivity index (χ3n) is 3.96. The van der Waals surface area contributed by atoms with Crippen molar-refractivity contribution in [2.24, 2.45) is 0 Å². The monoisotopic (exact) mass is 348 g/mol. The molecule has 1 N–H and O–H groups in total. The lowest BCUT2D eigenvalue weighted by atomic mass is 10.1. The van der Waals surface area contributed by atoms with Gasteiger partial charge in [-0.25, -0.2) is 4.79 Å². The Labute approximate surface area is 142 Å². The molecule has 0 saturated carbocycles. The summed E-state index contributed by atoms with van der Waals surface area (Å²) in [4.78, 5) is 18.5. The number of nitrogens with zero attached hydrogens (tertiary/aromatic N) is 3. The van der Waals surface area contributed by atoms with Crippen molar-refractivity contribution >= 4 is 22.5 Å². The Morgan fingerprint density at radius 1 is 1.38 bits per heavy atom. The number of hydrogen-bond donors (Lipinski definition) is 1. The standard InChI is InChI=1S/C16H20N4O3S/c1-11-17-14(19-23-11)12-6-4-5-7-13(12)18-15(21)20-8-9-24(22)16(2,3)10-20/h4-7H,8-10H2,1-3H3,(H,18,21)/t24-/m1/s1. The summed E-state index contributed by atoms with van der Waals surface area (Å²) in [6.45, 7) is 6.48. The van der Waals surface area contributed by atoms with Crippen LogP contribution in [-0.4, -0.2) is 48.9 Å². The molecule has 1 aliphatic heterocycles. The van der Waals surface area contributed by atoms with E-state index >= 15 is 0 Å². The van der Waals surface area contributed by atoms with Gasteiger partial charge in [-0.3, -0.25) is 4.21 Å². The van der Waals surface area contributed by atoms with Crippen LogP contribution in [0.1, 0.15) is 19.7 Å². The van der Waals surface area contributed by atoms with E-state index in [0.29, 0.717) is 41.8 Å². The lowest BCUT2D eigenvalue weighted by Crippen LogP contribution is -2.53. The number of aromatic nitrogens is 2. The number of aryl methyl sites for hydroxylation is 1. The van der Waals surface area contributed by atoms with Gasteiger partial charge in [0, 0.05) is 42.1 Å². The normalized spacial score (nSPS) is 20.0. The van der Waals surface area contributed by atoms with Crippen LogP contribution in [0.3, 0.4) is 0 Å². The minimum absolute atomic E-state index is 0.215. The van der Waals surface area contributed by atoms with Crippen molar-refractivity contribution in [2.75, 3.05) is 24.2 Å². The Balaban J connectivity index is 1.79. The summed E-state index contributed by atoms with van der Waals surface area (Å²) >= 11 is 0. The zero-order valence-electron chi connectivity index (χ0n) is 13.9. The number of benzene rings is 1. The highest BCUT2D eigenvalue weighted by atomic mass is 32.2. The molecule has 7 nitrogen and oxygen atoms in total. The Morgan fingerprint density at radius 2 is 2.12 bits per heavy atom. The van der Waals surface area contributed by atoms with Crippen molar-refractivity contribution in [1.82, 2.24) is 15.0 Å². The van der Waals surface area contributed by atoms with Crippen molar-refractivity contribution in [1.29, 1.82) is 0 Å². The lowest BCUT2D eigenvalue weighted by Gasteiger charge is -2.37. The van der Waals surface area contributed by atoms with Crippen LogP contribution in [0.15, 0.2) is 28.8 Å². The highest BCUT2D eigenvalue weighted by molar-refractivity contribution is 7.86. The van der Waals surface area contributed by atoms with Crippen LogP contribution in [0.4, 0.5) is 10.5 Å². The molecule has 1 atom stereocenters. The average Bonchev–Trinajstić information content (AvgIpc) is 2.96. The second-order valence-corrected chi connectivity index (χ2v) is 8.55. The topological polar surface area (TPSA) is 88.3 Å². The number of hydrogen-bond acceptors (Lipinski definition) is 5. The van der Waals surface area contributed by atoms with Gasteiger partial charge >= 0.3 is 6.03 Å². The molecule has 1 aromatic heterocycles. The highest BCUT2D eigenvalue weighted by Gasteiger charge is 2.35. The second-order valence-electron chi connectivity index (χ2n) is 6.34. The van der Waals surface area contributed by atoms with Crippen molar-refractivity contribution in [3.05, 3.63) is 30.2 Å². The van der Waals surface area contributed by atoms with E-state index in [-0.39, 0.29) is 6.03 Å². The van der Waals surface area contributed by atoms with Gasteiger partial charge in [-0.15, -0.1) is 0 Å². The smallest absolute Gasteiger partial charge is 0.321 e. The molecule has 1 aliphatic rings. The molecule has 8 heteroatoms. The molecule has 1 saturated heterocycles. The predicted octanol–water partition coefficient (Wildman–Crippen LogP) is 2.42. The van der Waals surface area contributed by atoms with Crippen LogP contribution >= 0.6 is 0 Å². The SMILES string of the molecule is Cc1nc(-c2ccccc2NC(=O)N2CC[S@@](=O)C(C)(C)C2)no1. The molecule has 1 fully saturated rings. The molecule has 24 heavy (non-hydrogen) atoms. The minimum Gasteiger partial charge on any atom is -0.339 e. The van der Waals surface area contributed by atoms with Crippen molar-refractivity contribution in [3.63, 3.8) is 0 Å². The van der Waals surface area contributed by atoms with Crippen LogP contribution in [0.2, 0.25) is 0 Å². The van der Waals surface area contributed by atoms with E-state index in [1.807, 2.05) is 32.0 Å². The van der Waals surface area contributed by atoms with Crippen LogP contribution in [-0.2, 0) is 10.8 Å². The Hall–Kier alpha value is -2.22. The number of carbonyl (C=O) groups excluding carboxylic acids is 1. The first kappa shape index (κ1) is 16.6. The van der Waals surface area contributed by atoms with Crippen molar-refractivity contribution < 1.29 is 13.5 Å². The van der Waals surface area contributed by atoms with Gasteiger partial charge in [-0.1, -0.05) is 17.3 Å². The zero-order valence-corrected chi connectivity index (χ0v) is 14.7. The fraction of sp³-hybridized carbons (Fsp3) is 0.438. The first-order valence-electron chi connectivity index (χ1n) is 7.71. The van der Waals surface area contributed by atoms with Crippen LogP contribution in [0.25, 0.3) is 11.4 Å². The van der Waals surface area contributed by atoms with E-state index < -0.39 is 15.5 Å². The van der Waals surface area contributed by atoms with Crippen LogP contribution in [0.5, 0.6) is 0 Å². The summed E-state index contributed by atoms with van der Waals surface area (Å²) in [6.07, 6.45) is 0. The largest absolute Gasteiger partial charge is 0.339 e. The molecule has 0 unspecified atom stereocenters. The predicted molar refractivity (Wildman–Crippen MR) is 92.2 cm³/mol. The Kier molecular flexibility index (Phi) is 4.40. The van der Waals surface area contributed by atoms with E-state index in [1.54, 1.807) is 17.9 Å². The molecule has 2 amide bonds. The molecule has 2 heterocycles. The van der Waals surface area contributed by atoms with E-state index in [0.717, 1.165) is 0 Å². The van der Waals surface area contributed by atoms with E-state index in [9.17, 15) is 9.00 Å². The van der Waals surface area contributed by atoms with Gasteiger partial charge in [0.1, 0.15) is 0 Å². The summed E-state index contributed by atoms with van der Waals surface area (Å²) in [5.41, 5.74) is 1.32. The summed E-state index contributed by atoms with van der Waals surface area (Å²) in [5.74, 6) is 1.39. The molecule has 0 bridgehead atoms. The highest BCUT2D eigenvalue weighted by Crippen LogP contribution is 2.26. The molecular weight excluding hydrogens is 328 g/mol. The molecule has 128 valence electrons. The van der Waals surface area contributed by atoms with Gasteiger partial charge in [-0.05, 0) is 26.0 Å². The lowest BCUT2D eigenvalue weighted by molar-refractivity contribution is 0.207. The van der Waals surface area contributed by atoms with Crippen LogP contribution in [0, 0.1) is 6.92 Å². The minimum atomic E-state index is -0.920. The summed E-state index contributed by atoms with van der Waals surface area (Å²) in [6, 6.07) is 7.10. The maximum atomic E-state index is 12.6. The van der Waals surface area contributed by atoms with E-state index in [4.69, 9.17) is 4.52 Å². The zero-order chi connectivity index (χ0) is 17.3. The van der Waals surface area contributed by atoms with Gasteiger partial charge in [0.25, 0.3) is 0 Å². The average molecular weight is 348 g/mol. The molecule has 3 rings (SSSR count). The number of anilines is 1. The number of amides is 2. The van der Waals surface area contributed by atoms with Gasteiger partial charge in [0.05, 0.1) is 10.4 Å². The third kappa shape index (κ3) is 3.33. The van der Waals surface area contributed by atoms with Gasteiger partial charge in [0.2, 0.25) is 11.7 Å². The molecule has 0 radical (unpaired) electrons. The Bertz CT molecular complexity index is 787. The summed E-state index contributed by atoms with van der Waals surface area (Å²) < 4.78 is 16.6. The molecule has 0 spiro atoms. The van der Waals surface area contributed by atoms with E-state index in [2.05, 4.69) is 15.5 Å². The first-order chi connectivity index (χ1) is 11.4. The van der Waals surface area contributed by atoms with Gasteiger partial charge in [0.15, 0.2) is 0 Å². The number of nitrogens with one attached hydrogen (secondary N) is 1. The van der Waals surface area contributed by atoms with Crippen molar-refractivity contribution in [2.45, 2.75) is 25.5 Å². The van der Waals surface area contributed by atoms with Crippen LogP contribution < -0.4 is 5.32 Å².